The minimum Gasteiger partial charge on any atom is -0.396 e. The van der Waals surface area contributed by atoms with Gasteiger partial charge in [-0.1, -0.05) is 37.3 Å². The number of hydrogen-bond donors (Lipinski definition) is 2. The first-order valence-corrected chi connectivity index (χ1v) is 5.21. The molecule has 2 atom stereocenters. The number of nitrogens with two attached hydrogens (primary N) is 1. The van der Waals surface area contributed by atoms with Crippen LogP contribution in [-0.4, -0.2) is 17.8 Å². The van der Waals surface area contributed by atoms with Crippen LogP contribution in [0.3, 0.4) is 0 Å². The molecule has 1 rings (SSSR count). The Morgan fingerprint density at radius 3 is 2.43 bits per heavy atom. The van der Waals surface area contributed by atoms with Crippen LogP contribution < -0.4 is 5.73 Å². The summed E-state index contributed by atoms with van der Waals surface area (Å²) in [4.78, 5) is 0. The molecule has 3 N–H and O–H groups in total. The van der Waals surface area contributed by atoms with Crippen LogP contribution in [0.15, 0.2) is 30.3 Å². The molecule has 0 aliphatic heterocycles. The van der Waals surface area contributed by atoms with Crippen LogP contribution in [0.2, 0.25) is 0 Å². The average molecular weight is 193 g/mol. The van der Waals surface area contributed by atoms with E-state index in [1.54, 1.807) is 0 Å². The zero-order valence-electron chi connectivity index (χ0n) is 8.69. The highest BCUT2D eigenvalue weighted by molar-refractivity contribution is 5.21. The normalized spacial score (nSPS) is 15.1. The lowest BCUT2D eigenvalue weighted by Crippen LogP contribution is -2.28. The maximum atomic E-state index is 8.99. The van der Waals surface area contributed by atoms with Crippen molar-refractivity contribution < 1.29 is 5.11 Å². The van der Waals surface area contributed by atoms with Gasteiger partial charge in [0.2, 0.25) is 0 Å². The highest BCUT2D eigenvalue weighted by Crippen LogP contribution is 2.23. The van der Waals surface area contributed by atoms with Crippen LogP contribution in [0, 0.1) is 0 Å². The Kier molecular flexibility index (Phi) is 4.63. The van der Waals surface area contributed by atoms with Gasteiger partial charge in [-0.25, -0.2) is 0 Å². The third-order valence-corrected chi connectivity index (χ3v) is 2.66. The quantitative estimate of drug-likeness (QED) is 0.750. The first kappa shape index (κ1) is 11.2. The van der Waals surface area contributed by atoms with E-state index in [-0.39, 0.29) is 18.6 Å². The molecule has 0 saturated carbocycles. The number of aliphatic hydroxyl groups excluding tert-OH is 1. The van der Waals surface area contributed by atoms with Crippen molar-refractivity contribution in [3.63, 3.8) is 0 Å². The van der Waals surface area contributed by atoms with Crippen molar-refractivity contribution in [3.8, 4) is 0 Å². The number of benzene rings is 1. The lowest BCUT2D eigenvalue weighted by Gasteiger charge is -2.22. The number of hydrogen-bond acceptors (Lipinski definition) is 2. The van der Waals surface area contributed by atoms with E-state index in [1.807, 2.05) is 18.2 Å². The Bertz CT molecular complexity index is 248. The fourth-order valence-corrected chi connectivity index (χ4v) is 1.75. The Morgan fingerprint density at radius 1 is 1.29 bits per heavy atom. The summed E-state index contributed by atoms with van der Waals surface area (Å²) in [5, 5.41) is 8.99. The minimum atomic E-state index is 0.143. The van der Waals surface area contributed by atoms with Crippen LogP contribution >= 0.6 is 0 Å². The molecule has 0 radical (unpaired) electrons. The Morgan fingerprint density at radius 2 is 1.93 bits per heavy atom. The molecule has 0 fully saturated rings. The van der Waals surface area contributed by atoms with Gasteiger partial charge in [-0.15, -0.1) is 0 Å². The van der Waals surface area contributed by atoms with E-state index in [9.17, 15) is 0 Å². The van der Waals surface area contributed by atoms with Gasteiger partial charge in [0.1, 0.15) is 0 Å². The third kappa shape index (κ3) is 2.82. The van der Waals surface area contributed by atoms with E-state index in [1.165, 1.54) is 5.56 Å². The van der Waals surface area contributed by atoms with Crippen molar-refractivity contribution in [1.82, 2.24) is 0 Å². The van der Waals surface area contributed by atoms with Crippen molar-refractivity contribution in [1.29, 1.82) is 0 Å². The molecule has 2 unspecified atom stereocenters. The molecule has 0 heterocycles. The van der Waals surface area contributed by atoms with Crippen LogP contribution in [0.5, 0.6) is 0 Å². The standard InChI is InChI=1S/C12H19NO/c1-2-12(13)11(8-9-14)10-6-4-3-5-7-10/h3-7,11-12,14H,2,8-9,13H2,1H3. The van der Waals surface area contributed by atoms with E-state index in [0.29, 0.717) is 0 Å². The summed E-state index contributed by atoms with van der Waals surface area (Å²) in [5.41, 5.74) is 7.26. The zero-order chi connectivity index (χ0) is 10.4. The predicted octanol–water partition coefficient (Wildman–Crippen LogP) is 1.89. The maximum Gasteiger partial charge on any atom is 0.0437 e. The molecule has 0 bridgehead atoms. The Labute approximate surface area is 85.8 Å². The monoisotopic (exact) mass is 193 g/mol. The molecule has 1 aromatic rings. The molecule has 0 amide bonds. The van der Waals surface area contributed by atoms with Crippen molar-refractivity contribution in [3.05, 3.63) is 35.9 Å². The third-order valence-electron chi connectivity index (χ3n) is 2.66. The van der Waals surface area contributed by atoms with E-state index in [4.69, 9.17) is 10.8 Å². The zero-order valence-corrected chi connectivity index (χ0v) is 8.69. The number of rotatable bonds is 5. The van der Waals surface area contributed by atoms with E-state index >= 15 is 0 Å². The summed E-state index contributed by atoms with van der Waals surface area (Å²) < 4.78 is 0. The molecular formula is C12H19NO. The van der Waals surface area contributed by atoms with Crippen molar-refractivity contribution >= 4 is 0 Å². The summed E-state index contributed by atoms with van der Waals surface area (Å²) in [6, 6.07) is 10.3. The summed E-state index contributed by atoms with van der Waals surface area (Å²) in [6.45, 7) is 2.28. The molecule has 0 spiro atoms. The van der Waals surface area contributed by atoms with Gasteiger partial charge in [0, 0.05) is 18.6 Å². The Hall–Kier alpha value is -0.860. The first-order chi connectivity index (χ1) is 6.79. The fourth-order valence-electron chi connectivity index (χ4n) is 1.75. The lowest BCUT2D eigenvalue weighted by molar-refractivity contribution is 0.266. The second-order valence-corrected chi connectivity index (χ2v) is 3.60. The van der Waals surface area contributed by atoms with Crippen LogP contribution in [0.1, 0.15) is 31.2 Å². The number of aliphatic hydroxyl groups is 1. The van der Waals surface area contributed by atoms with Gasteiger partial charge in [-0.05, 0) is 18.4 Å². The molecule has 78 valence electrons. The molecule has 2 nitrogen and oxygen atoms in total. The van der Waals surface area contributed by atoms with Gasteiger partial charge >= 0.3 is 0 Å². The molecule has 0 aromatic heterocycles. The van der Waals surface area contributed by atoms with Gasteiger partial charge in [-0.2, -0.15) is 0 Å². The summed E-state index contributed by atoms with van der Waals surface area (Å²) >= 11 is 0. The lowest BCUT2D eigenvalue weighted by atomic mass is 9.88. The topological polar surface area (TPSA) is 46.2 Å². The van der Waals surface area contributed by atoms with Crippen LogP contribution in [-0.2, 0) is 0 Å². The second-order valence-electron chi connectivity index (χ2n) is 3.60. The van der Waals surface area contributed by atoms with Gasteiger partial charge in [0.25, 0.3) is 0 Å². The highest BCUT2D eigenvalue weighted by atomic mass is 16.3. The Balaban J connectivity index is 2.77. The fraction of sp³-hybridized carbons (Fsp3) is 0.500. The summed E-state index contributed by atoms with van der Waals surface area (Å²) in [6.07, 6.45) is 1.69. The summed E-state index contributed by atoms with van der Waals surface area (Å²) in [7, 11) is 0. The maximum absolute atomic E-state index is 8.99. The van der Waals surface area contributed by atoms with E-state index < -0.39 is 0 Å². The van der Waals surface area contributed by atoms with E-state index in [2.05, 4.69) is 19.1 Å². The molecule has 0 saturated heterocycles. The summed E-state index contributed by atoms with van der Waals surface area (Å²) in [5.74, 6) is 0.284. The average Bonchev–Trinajstić information content (AvgIpc) is 2.26. The van der Waals surface area contributed by atoms with Gasteiger partial charge in [-0.3, -0.25) is 0 Å². The van der Waals surface area contributed by atoms with E-state index in [0.717, 1.165) is 12.8 Å². The van der Waals surface area contributed by atoms with Gasteiger partial charge in [0.15, 0.2) is 0 Å². The first-order valence-electron chi connectivity index (χ1n) is 5.21. The predicted molar refractivity (Wildman–Crippen MR) is 59.2 cm³/mol. The van der Waals surface area contributed by atoms with Gasteiger partial charge in [0.05, 0.1) is 0 Å². The molecule has 1 aromatic carbocycles. The van der Waals surface area contributed by atoms with Gasteiger partial charge < -0.3 is 10.8 Å². The van der Waals surface area contributed by atoms with Crippen molar-refractivity contribution in [2.75, 3.05) is 6.61 Å². The molecule has 2 heteroatoms. The largest absolute Gasteiger partial charge is 0.396 e. The molecule has 14 heavy (non-hydrogen) atoms. The highest BCUT2D eigenvalue weighted by Gasteiger charge is 2.17. The van der Waals surface area contributed by atoms with Crippen LogP contribution in [0.25, 0.3) is 0 Å². The van der Waals surface area contributed by atoms with Crippen molar-refractivity contribution in [2.24, 2.45) is 5.73 Å². The second kappa shape index (κ2) is 5.78. The van der Waals surface area contributed by atoms with Crippen molar-refractivity contribution in [2.45, 2.75) is 31.7 Å². The van der Waals surface area contributed by atoms with Crippen LogP contribution in [0.4, 0.5) is 0 Å². The SMILES string of the molecule is CCC(N)C(CCO)c1ccccc1. The smallest absolute Gasteiger partial charge is 0.0437 e. The minimum absolute atomic E-state index is 0.143. The molecule has 0 aliphatic carbocycles. The molecular weight excluding hydrogens is 174 g/mol. The molecule has 0 aliphatic rings.